The number of rotatable bonds is 10. The Morgan fingerprint density at radius 3 is 2.16 bits per heavy atom. The summed E-state index contributed by atoms with van der Waals surface area (Å²) in [5.74, 6) is -1.07. The van der Waals surface area contributed by atoms with Crippen LogP contribution in [-0.2, 0) is 28.7 Å². The van der Waals surface area contributed by atoms with E-state index < -0.39 is 21.5 Å². The predicted octanol–water partition coefficient (Wildman–Crippen LogP) is 5.24. The Bertz CT molecular complexity index is 1520. The van der Waals surface area contributed by atoms with Crippen molar-refractivity contribution in [2.24, 2.45) is 5.92 Å². The maximum atomic E-state index is 13.5. The molecule has 0 saturated heterocycles. The van der Waals surface area contributed by atoms with Gasteiger partial charge in [-0.3, -0.25) is 4.79 Å². The van der Waals surface area contributed by atoms with Crippen LogP contribution in [0.25, 0.3) is 0 Å². The Hall–Kier alpha value is -3.85. The second-order valence-corrected chi connectivity index (χ2v) is 11.5. The molecule has 38 heavy (non-hydrogen) atoms. The first kappa shape index (κ1) is 25.8. The number of hydrogen-bond donors (Lipinski definition) is 0. The predicted molar refractivity (Wildman–Crippen MR) is 139 cm³/mol. The van der Waals surface area contributed by atoms with Crippen LogP contribution in [0.1, 0.15) is 40.0 Å². The van der Waals surface area contributed by atoms with Crippen molar-refractivity contribution in [1.29, 1.82) is 0 Å². The maximum absolute atomic E-state index is 13.5. The first-order chi connectivity index (χ1) is 18.3. The van der Waals surface area contributed by atoms with Crippen molar-refractivity contribution in [3.63, 3.8) is 0 Å². The molecule has 1 aliphatic carbocycles. The fourth-order valence-corrected chi connectivity index (χ4v) is 5.86. The molecule has 3 aromatic carbocycles. The molecular formula is C29H27F2N3O3S. The number of carbonyl (C=O) groups excluding carboxylic acids is 1. The van der Waals surface area contributed by atoms with Gasteiger partial charge in [-0.15, -0.1) is 0 Å². The average Bonchev–Trinajstić information content (AvgIpc) is 3.64. The van der Waals surface area contributed by atoms with Crippen molar-refractivity contribution in [3.8, 4) is 0 Å². The van der Waals surface area contributed by atoms with Gasteiger partial charge in [0.2, 0.25) is 15.0 Å². The highest BCUT2D eigenvalue weighted by Crippen LogP contribution is 2.31. The Kier molecular flexibility index (Phi) is 7.37. The first-order valence-electron chi connectivity index (χ1n) is 12.4. The third kappa shape index (κ3) is 6.16. The van der Waals surface area contributed by atoms with Gasteiger partial charge >= 0.3 is 0 Å². The zero-order chi connectivity index (χ0) is 26.7. The van der Waals surface area contributed by atoms with E-state index in [9.17, 15) is 22.0 Å². The molecule has 1 fully saturated rings. The SMILES string of the molecule is O=C(c1ccc(F)cc1)N(Cc1cnc(S(=O)(=O)Cc2ccc(F)cc2)n1Cc1ccccc1)CC1CC1. The summed E-state index contributed by atoms with van der Waals surface area (Å²) in [6.07, 6.45) is 3.54. The summed E-state index contributed by atoms with van der Waals surface area (Å²) in [7, 11) is -3.90. The van der Waals surface area contributed by atoms with Crippen LogP contribution in [0.3, 0.4) is 0 Å². The van der Waals surface area contributed by atoms with E-state index in [0.717, 1.165) is 18.4 Å². The van der Waals surface area contributed by atoms with Crippen LogP contribution in [0.15, 0.2) is 90.2 Å². The topological polar surface area (TPSA) is 72.3 Å². The lowest BCUT2D eigenvalue weighted by molar-refractivity contribution is 0.0730. The lowest BCUT2D eigenvalue weighted by atomic mass is 10.1. The molecule has 196 valence electrons. The van der Waals surface area contributed by atoms with Gasteiger partial charge in [0.05, 0.1) is 30.7 Å². The van der Waals surface area contributed by atoms with E-state index in [-0.39, 0.29) is 29.9 Å². The summed E-state index contributed by atoms with van der Waals surface area (Å²) in [4.78, 5) is 19.4. The molecule has 1 saturated carbocycles. The van der Waals surface area contributed by atoms with Crippen LogP contribution in [0.5, 0.6) is 0 Å². The van der Waals surface area contributed by atoms with Crippen LogP contribution in [0.2, 0.25) is 0 Å². The fourth-order valence-electron chi connectivity index (χ4n) is 4.37. The monoisotopic (exact) mass is 535 g/mol. The number of halogens is 2. The van der Waals surface area contributed by atoms with Crippen molar-refractivity contribution in [3.05, 3.63) is 119 Å². The van der Waals surface area contributed by atoms with Gasteiger partial charge in [0, 0.05) is 12.1 Å². The van der Waals surface area contributed by atoms with Gasteiger partial charge < -0.3 is 9.47 Å². The molecule has 0 radical (unpaired) electrons. The molecule has 0 atom stereocenters. The van der Waals surface area contributed by atoms with E-state index in [0.29, 0.717) is 29.3 Å². The second-order valence-electron chi connectivity index (χ2n) is 9.63. The number of benzene rings is 3. The van der Waals surface area contributed by atoms with Gasteiger partial charge in [0.1, 0.15) is 11.6 Å². The lowest BCUT2D eigenvalue weighted by Crippen LogP contribution is -2.33. The summed E-state index contributed by atoms with van der Waals surface area (Å²) >= 11 is 0. The number of sulfone groups is 1. The molecule has 0 spiro atoms. The van der Waals surface area contributed by atoms with Crippen molar-refractivity contribution < 1.29 is 22.0 Å². The Balaban J connectivity index is 1.49. The van der Waals surface area contributed by atoms with Crippen molar-refractivity contribution in [2.45, 2.75) is 36.8 Å². The van der Waals surface area contributed by atoms with E-state index in [4.69, 9.17) is 0 Å². The number of hydrogen-bond acceptors (Lipinski definition) is 4. The van der Waals surface area contributed by atoms with Crippen LogP contribution >= 0.6 is 0 Å². The van der Waals surface area contributed by atoms with Crippen LogP contribution in [0, 0.1) is 17.6 Å². The minimum atomic E-state index is -3.90. The molecule has 9 heteroatoms. The third-order valence-corrected chi connectivity index (χ3v) is 8.14. The highest BCUT2D eigenvalue weighted by molar-refractivity contribution is 7.90. The van der Waals surface area contributed by atoms with Crippen molar-refractivity contribution >= 4 is 15.7 Å². The molecule has 0 unspecified atom stereocenters. The third-order valence-electron chi connectivity index (χ3n) is 6.54. The van der Waals surface area contributed by atoms with E-state index in [1.165, 1.54) is 54.7 Å². The minimum Gasteiger partial charge on any atom is -0.332 e. The summed E-state index contributed by atoms with van der Waals surface area (Å²) in [5, 5.41) is -0.110. The zero-order valence-corrected chi connectivity index (χ0v) is 21.4. The van der Waals surface area contributed by atoms with Crippen LogP contribution in [0.4, 0.5) is 8.78 Å². The van der Waals surface area contributed by atoms with Gasteiger partial charge in [-0.2, -0.15) is 0 Å². The molecular weight excluding hydrogens is 508 g/mol. The molecule has 1 aromatic heterocycles. The molecule has 1 aliphatic rings. The number of carbonyl (C=O) groups is 1. The largest absolute Gasteiger partial charge is 0.332 e. The van der Waals surface area contributed by atoms with Crippen LogP contribution < -0.4 is 0 Å². The average molecular weight is 536 g/mol. The van der Waals surface area contributed by atoms with Crippen molar-refractivity contribution in [2.75, 3.05) is 6.54 Å². The highest BCUT2D eigenvalue weighted by Gasteiger charge is 2.30. The molecule has 4 aromatic rings. The minimum absolute atomic E-state index is 0.110. The summed E-state index contributed by atoms with van der Waals surface area (Å²) in [6.45, 7) is 0.916. The molecule has 0 N–H and O–H groups in total. The molecule has 6 nitrogen and oxygen atoms in total. The highest BCUT2D eigenvalue weighted by atomic mass is 32.2. The van der Waals surface area contributed by atoms with E-state index in [1.807, 2.05) is 30.3 Å². The molecule has 0 aliphatic heterocycles. The molecule has 5 rings (SSSR count). The van der Waals surface area contributed by atoms with Gasteiger partial charge in [-0.1, -0.05) is 42.5 Å². The van der Waals surface area contributed by atoms with Gasteiger partial charge in [-0.25, -0.2) is 22.2 Å². The van der Waals surface area contributed by atoms with Crippen LogP contribution in [-0.4, -0.2) is 35.3 Å². The Morgan fingerprint density at radius 1 is 0.895 bits per heavy atom. The smallest absolute Gasteiger partial charge is 0.254 e. The summed E-state index contributed by atoms with van der Waals surface area (Å²) in [5.41, 5.74) is 2.26. The van der Waals surface area contributed by atoms with E-state index in [2.05, 4.69) is 4.98 Å². The Labute approximate surface area is 220 Å². The number of imidazole rings is 1. The zero-order valence-electron chi connectivity index (χ0n) is 20.6. The second kappa shape index (κ2) is 10.9. The number of amides is 1. The van der Waals surface area contributed by atoms with E-state index in [1.54, 1.807) is 9.47 Å². The van der Waals surface area contributed by atoms with Gasteiger partial charge in [0.25, 0.3) is 5.91 Å². The molecule has 0 bridgehead atoms. The maximum Gasteiger partial charge on any atom is 0.254 e. The summed E-state index contributed by atoms with van der Waals surface area (Å²) < 4.78 is 55.4. The fraction of sp³-hybridized carbons (Fsp3) is 0.241. The first-order valence-corrected chi connectivity index (χ1v) is 14.0. The van der Waals surface area contributed by atoms with Gasteiger partial charge in [0.15, 0.2) is 0 Å². The Morgan fingerprint density at radius 2 is 1.53 bits per heavy atom. The van der Waals surface area contributed by atoms with E-state index >= 15 is 0 Å². The van der Waals surface area contributed by atoms with Gasteiger partial charge in [-0.05, 0) is 66.3 Å². The number of aromatic nitrogens is 2. The normalized spacial score (nSPS) is 13.4. The lowest BCUT2D eigenvalue weighted by Gasteiger charge is -2.24. The quantitative estimate of drug-likeness (QED) is 0.279. The van der Waals surface area contributed by atoms with Crippen molar-refractivity contribution in [1.82, 2.24) is 14.5 Å². The summed E-state index contributed by atoms with van der Waals surface area (Å²) in [6, 6.07) is 20.2. The molecule has 1 amide bonds. The molecule has 1 heterocycles. The number of nitrogens with zero attached hydrogens (tertiary/aromatic N) is 3. The standard InChI is InChI=1S/C29H27F2N3O3S/c30-25-12-8-23(9-13-25)20-38(36,37)29-32-16-27(34(29)18-21-4-2-1-3-5-21)19-33(17-22-6-7-22)28(35)24-10-14-26(31)15-11-24/h1-5,8-16,22H,6-7,17-20H2.